The highest BCUT2D eigenvalue weighted by molar-refractivity contribution is 8.06. The minimum absolute atomic E-state index is 0.555. The molecule has 3 rings (SSSR count). The molecule has 0 N–H and O–H groups in total. The topological polar surface area (TPSA) is 34.4 Å². The molecule has 0 fully saturated rings. The molecule has 3 nitrogen and oxygen atoms in total. The van der Waals surface area contributed by atoms with E-state index in [4.69, 9.17) is 4.98 Å². The van der Waals surface area contributed by atoms with Gasteiger partial charge in [0.05, 0.1) is 5.69 Å². The Hall–Kier alpha value is -2.59. The maximum atomic E-state index is 9.94. The average molecular weight is 379 g/mol. The summed E-state index contributed by atoms with van der Waals surface area (Å²) in [7, 11) is 0. The van der Waals surface area contributed by atoms with E-state index in [2.05, 4.69) is 74.3 Å². The third-order valence-corrected chi connectivity index (χ3v) is 4.74. The van der Waals surface area contributed by atoms with E-state index in [1.165, 1.54) is 34.1 Å². The van der Waals surface area contributed by atoms with Crippen molar-refractivity contribution in [2.45, 2.75) is 34.1 Å². The Bertz CT molecular complexity index is 952. The van der Waals surface area contributed by atoms with Crippen LogP contribution in [0.15, 0.2) is 65.6 Å². The normalized spacial score (nSPS) is 10.7. The first-order valence-electron chi connectivity index (χ1n) is 8.94. The van der Waals surface area contributed by atoms with Crippen LogP contribution in [0.25, 0.3) is 16.9 Å². The van der Waals surface area contributed by atoms with Crippen LogP contribution in [0.3, 0.4) is 0 Å². The fourth-order valence-electron chi connectivity index (χ4n) is 2.51. The molecule has 0 atom stereocenters. The summed E-state index contributed by atoms with van der Waals surface area (Å²) in [6.07, 6.45) is 5.87. The van der Waals surface area contributed by atoms with Crippen LogP contribution in [0, 0.1) is 20.8 Å². The Kier molecular flexibility index (Phi) is 7.62. The number of rotatable bonds is 5. The van der Waals surface area contributed by atoms with E-state index >= 15 is 0 Å². The minimum atomic E-state index is 0.555. The maximum Gasteiger partial charge on any atom is 0.156 e. The van der Waals surface area contributed by atoms with Gasteiger partial charge in [-0.15, -0.1) is 0 Å². The zero-order valence-corrected chi connectivity index (χ0v) is 17.2. The quantitative estimate of drug-likeness (QED) is 0.387. The summed E-state index contributed by atoms with van der Waals surface area (Å²) in [6, 6.07) is 12.7. The molecular weight excluding hydrogens is 352 g/mol. The van der Waals surface area contributed by atoms with E-state index in [1.54, 1.807) is 0 Å². The van der Waals surface area contributed by atoms with Gasteiger partial charge in [-0.1, -0.05) is 67.2 Å². The van der Waals surface area contributed by atoms with Crippen molar-refractivity contribution >= 4 is 23.7 Å². The number of allylic oxidation sites excluding steroid dienone is 2. The van der Waals surface area contributed by atoms with Crippen LogP contribution in [0.1, 0.15) is 30.2 Å². The molecule has 4 heteroatoms. The highest BCUT2D eigenvalue weighted by Gasteiger charge is 2.09. The number of nitrogens with zero attached hydrogens (tertiary/aromatic N) is 2. The van der Waals surface area contributed by atoms with Gasteiger partial charge in [0, 0.05) is 22.4 Å². The lowest BCUT2D eigenvalue weighted by Crippen LogP contribution is -1.88. The molecule has 2 heterocycles. The van der Waals surface area contributed by atoms with Crippen LogP contribution < -0.4 is 0 Å². The van der Waals surface area contributed by atoms with E-state index in [0.29, 0.717) is 4.91 Å². The second-order valence-electron chi connectivity index (χ2n) is 6.33. The standard InChI is InChI=1S/C16H16N2.C7H10OS/c1-11-4-7-14(8-5-11)16-13(3)18-10-12(2)6-9-15(18)17-16;1-3-4-5-9-7(2)6-8/h4-10H,1-3H3;4-6H,2-3H2,1H3/b;5-4-. The molecule has 0 aliphatic carbocycles. The maximum absolute atomic E-state index is 9.94. The van der Waals surface area contributed by atoms with Gasteiger partial charge in [-0.3, -0.25) is 4.79 Å². The SMILES string of the molecule is C=C(C=O)S/C=C\CC.Cc1ccc(-c2nc3ccc(C)cn3c2C)cc1. The Morgan fingerprint density at radius 2 is 1.78 bits per heavy atom. The number of thioether (sulfide) groups is 1. The predicted octanol–water partition coefficient (Wildman–Crippen LogP) is 6.28. The minimum Gasteiger partial charge on any atom is -0.303 e. The van der Waals surface area contributed by atoms with Crippen molar-refractivity contribution in [3.05, 3.63) is 82.4 Å². The van der Waals surface area contributed by atoms with Gasteiger partial charge >= 0.3 is 0 Å². The number of aromatic nitrogens is 2. The molecule has 0 saturated carbocycles. The molecule has 0 aliphatic rings. The summed E-state index contributed by atoms with van der Waals surface area (Å²) in [5.74, 6) is 0. The summed E-state index contributed by atoms with van der Waals surface area (Å²) in [5.41, 5.74) is 6.97. The molecule has 0 aliphatic heterocycles. The molecule has 0 spiro atoms. The number of fused-ring (bicyclic) bond motifs is 1. The summed E-state index contributed by atoms with van der Waals surface area (Å²) in [6.45, 7) is 11.9. The zero-order valence-electron chi connectivity index (χ0n) is 16.4. The first-order valence-corrected chi connectivity index (χ1v) is 9.82. The van der Waals surface area contributed by atoms with Gasteiger partial charge < -0.3 is 4.40 Å². The van der Waals surface area contributed by atoms with E-state index in [1.807, 2.05) is 18.4 Å². The molecule has 3 aromatic rings. The van der Waals surface area contributed by atoms with Gasteiger partial charge in [-0.2, -0.15) is 0 Å². The van der Waals surface area contributed by atoms with Crippen LogP contribution in [-0.4, -0.2) is 15.7 Å². The molecule has 1 aromatic carbocycles. The van der Waals surface area contributed by atoms with Crippen molar-refractivity contribution in [1.82, 2.24) is 9.38 Å². The van der Waals surface area contributed by atoms with E-state index in [0.717, 1.165) is 24.0 Å². The molecule has 0 radical (unpaired) electrons. The predicted molar refractivity (Wildman–Crippen MR) is 117 cm³/mol. The van der Waals surface area contributed by atoms with Crippen LogP contribution in [-0.2, 0) is 4.79 Å². The van der Waals surface area contributed by atoms with Crippen molar-refractivity contribution in [1.29, 1.82) is 0 Å². The molecule has 0 unspecified atom stereocenters. The van der Waals surface area contributed by atoms with Crippen molar-refractivity contribution in [2.24, 2.45) is 0 Å². The highest BCUT2D eigenvalue weighted by atomic mass is 32.2. The van der Waals surface area contributed by atoms with Gasteiger partial charge in [0.25, 0.3) is 0 Å². The number of pyridine rings is 1. The lowest BCUT2D eigenvalue weighted by atomic mass is 10.1. The number of carbonyl (C=O) groups is 1. The van der Waals surface area contributed by atoms with Crippen molar-refractivity contribution in [3.63, 3.8) is 0 Å². The fraction of sp³-hybridized carbons (Fsp3) is 0.217. The zero-order chi connectivity index (χ0) is 19.8. The largest absolute Gasteiger partial charge is 0.303 e. The molecule has 140 valence electrons. The molecule has 0 bridgehead atoms. The van der Waals surface area contributed by atoms with Gasteiger partial charge in [0.1, 0.15) is 5.65 Å². The first kappa shape index (κ1) is 20.7. The monoisotopic (exact) mass is 378 g/mol. The van der Waals surface area contributed by atoms with Crippen molar-refractivity contribution < 1.29 is 4.79 Å². The molecule has 27 heavy (non-hydrogen) atoms. The van der Waals surface area contributed by atoms with Gasteiger partial charge in [0.2, 0.25) is 0 Å². The Labute approximate surface area is 165 Å². The Morgan fingerprint density at radius 1 is 1.11 bits per heavy atom. The van der Waals surface area contributed by atoms with Crippen molar-refractivity contribution in [2.75, 3.05) is 0 Å². The molecule has 0 saturated heterocycles. The second-order valence-corrected chi connectivity index (χ2v) is 7.36. The summed E-state index contributed by atoms with van der Waals surface area (Å²) in [4.78, 5) is 15.2. The van der Waals surface area contributed by atoms with Crippen LogP contribution >= 0.6 is 11.8 Å². The van der Waals surface area contributed by atoms with Crippen LogP contribution in [0.2, 0.25) is 0 Å². The third-order valence-electron chi connectivity index (χ3n) is 4.01. The number of hydrogen-bond acceptors (Lipinski definition) is 3. The van der Waals surface area contributed by atoms with E-state index < -0.39 is 0 Å². The van der Waals surface area contributed by atoms with Gasteiger partial charge in [-0.25, -0.2) is 4.98 Å². The summed E-state index contributed by atoms with van der Waals surface area (Å²) in [5, 5.41) is 1.87. The Morgan fingerprint density at radius 3 is 2.41 bits per heavy atom. The van der Waals surface area contributed by atoms with Gasteiger partial charge in [-0.05, 0) is 44.2 Å². The van der Waals surface area contributed by atoms with Crippen molar-refractivity contribution in [3.8, 4) is 11.3 Å². The summed E-state index contributed by atoms with van der Waals surface area (Å²) >= 11 is 1.36. The fourth-order valence-corrected chi connectivity index (χ4v) is 3.03. The summed E-state index contributed by atoms with van der Waals surface area (Å²) < 4.78 is 2.16. The lowest BCUT2D eigenvalue weighted by molar-refractivity contribution is -0.104. The number of aryl methyl sites for hydroxylation is 3. The smallest absolute Gasteiger partial charge is 0.156 e. The third kappa shape index (κ3) is 5.69. The van der Waals surface area contributed by atoms with Gasteiger partial charge in [0.15, 0.2) is 6.29 Å². The number of hydrogen-bond donors (Lipinski definition) is 0. The van der Waals surface area contributed by atoms with E-state index in [9.17, 15) is 4.79 Å². The number of aldehydes is 1. The molecule has 2 aromatic heterocycles. The first-order chi connectivity index (χ1) is 13.0. The highest BCUT2D eigenvalue weighted by Crippen LogP contribution is 2.24. The number of imidazole rings is 1. The molecule has 0 amide bonds. The van der Waals surface area contributed by atoms with Crippen LogP contribution in [0.4, 0.5) is 0 Å². The van der Waals surface area contributed by atoms with Crippen LogP contribution in [0.5, 0.6) is 0 Å². The lowest BCUT2D eigenvalue weighted by Gasteiger charge is -2.00. The second kappa shape index (κ2) is 9.93. The average Bonchev–Trinajstić information content (AvgIpc) is 2.99. The number of carbonyl (C=O) groups excluding carboxylic acids is 1. The molecular formula is C23H26N2OS. The number of benzene rings is 1. The van der Waals surface area contributed by atoms with E-state index in [-0.39, 0.29) is 0 Å². The Balaban J connectivity index is 0.000000249.